The van der Waals surface area contributed by atoms with Crippen LogP contribution in [-0.2, 0) is 4.79 Å². The maximum absolute atomic E-state index is 13.2. The lowest BCUT2D eigenvalue weighted by atomic mass is 9.82. The topological polar surface area (TPSA) is 63.2 Å². The number of hydrogen-bond acceptors (Lipinski definition) is 3. The van der Waals surface area contributed by atoms with Gasteiger partial charge in [0.2, 0.25) is 5.91 Å². The van der Waals surface area contributed by atoms with Crippen LogP contribution in [0.4, 0.5) is 4.39 Å². The Hall–Kier alpha value is -2.30. The lowest BCUT2D eigenvalue weighted by Crippen LogP contribution is -2.42. The van der Waals surface area contributed by atoms with Gasteiger partial charge in [-0.05, 0) is 31.0 Å². The van der Waals surface area contributed by atoms with Gasteiger partial charge in [0, 0.05) is 16.8 Å². The fourth-order valence-electron chi connectivity index (χ4n) is 2.86. The molecule has 0 bridgehead atoms. The van der Waals surface area contributed by atoms with Crippen molar-refractivity contribution in [3.63, 3.8) is 0 Å². The van der Waals surface area contributed by atoms with Crippen molar-refractivity contribution in [2.45, 2.75) is 12.8 Å². The average Bonchev–Trinajstić information content (AvgIpc) is 2.63. The van der Waals surface area contributed by atoms with Crippen LogP contribution in [-0.4, -0.2) is 17.5 Å². The second-order valence-corrected chi connectivity index (χ2v) is 5.13. The van der Waals surface area contributed by atoms with E-state index in [1.54, 1.807) is 0 Å². The highest BCUT2D eigenvalue weighted by atomic mass is 19.1. The van der Waals surface area contributed by atoms with E-state index in [1.807, 2.05) is 0 Å². The van der Waals surface area contributed by atoms with Crippen molar-refractivity contribution in [1.82, 2.24) is 5.32 Å². The van der Waals surface area contributed by atoms with E-state index in [2.05, 4.69) is 11.9 Å². The molecule has 1 aromatic carbocycles. The minimum atomic E-state index is -1.03. The Kier molecular flexibility index (Phi) is 2.78. The summed E-state index contributed by atoms with van der Waals surface area (Å²) in [5, 5.41) is 2.57. The van der Waals surface area contributed by atoms with Crippen molar-refractivity contribution in [3.8, 4) is 0 Å². The predicted octanol–water partition coefficient (Wildman–Crippen LogP) is 1.86. The zero-order valence-electron chi connectivity index (χ0n) is 10.6. The van der Waals surface area contributed by atoms with E-state index in [9.17, 15) is 18.8 Å². The van der Waals surface area contributed by atoms with Gasteiger partial charge in [0.15, 0.2) is 11.6 Å². The number of halogens is 1. The summed E-state index contributed by atoms with van der Waals surface area (Å²) in [6.45, 7) is 3.66. The smallest absolute Gasteiger partial charge is 0.228 e. The normalized spacial score (nSPS) is 25.6. The van der Waals surface area contributed by atoms with Crippen LogP contribution in [0.25, 0.3) is 0 Å². The molecule has 1 amide bonds. The number of ketones is 2. The van der Waals surface area contributed by atoms with Gasteiger partial charge < -0.3 is 5.32 Å². The van der Waals surface area contributed by atoms with Crippen LogP contribution in [0, 0.1) is 17.7 Å². The fourth-order valence-corrected chi connectivity index (χ4v) is 2.86. The minimum Gasteiger partial charge on any atom is -0.330 e. The molecule has 0 spiro atoms. The molecule has 2 aliphatic rings. The standard InChI is InChI=1S/C15H12FNO3/c1-7-2-4-10(15(20)17-7)12-13(18)9-5-3-8(16)6-11(9)14(12)19/h3,5-6,10,12H,1-2,4H2,(H,17,20). The first-order valence-corrected chi connectivity index (χ1v) is 6.35. The first-order chi connectivity index (χ1) is 9.49. The summed E-state index contributed by atoms with van der Waals surface area (Å²) < 4.78 is 13.2. The number of amides is 1. The van der Waals surface area contributed by atoms with Gasteiger partial charge in [-0.15, -0.1) is 0 Å². The molecular weight excluding hydrogens is 261 g/mol. The number of rotatable bonds is 1. The highest BCUT2D eigenvalue weighted by Gasteiger charge is 2.46. The number of Topliss-reactive ketones (excluding diaryl/α,β-unsaturated/α-hetero) is 2. The molecule has 2 atom stereocenters. The molecule has 1 saturated heterocycles. The maximum atomic E-state index is 13.2. The highest BCUT2D eigenvalue weighted by Crippen LogP contribution is 2.36. The van der Waals surface area contributed by atoms with Crippen molar-refractivity contribution >= 4 is 17.5 Å². The molecule has 1 fully saturated rings. The van der Waals surface area contributed by atoms with Crippen molar-refractivity contribution in [2.24, 2.45) is 11.8 Å². The van der Waals surface area contributed by atoms with Gasteiger partial charge in [0.25, 0.3) is 0 Å². The van der Waals surface area contributed by atoms with Crippen molar-refractivity contribution < 1.29 is 18.8 Å². The van der Waals surface area contributed by atoms with E-state index in [1.165, 1.54) is 6.07 Å². The third-order valence-electron chi connectivity index (χ3n) is 3.87. The summed E-state index contributed by atoms with van der Waals surface area (Å²) in [5.41, 5.74) is 0.878. The van der Waals surface area contributed by atoms with Gasteiger partial charge in [0.05, 0.1) is 11.8 Å². The fraction of sp³-hybridized carbons (Fsp3) is 0.267. The van der Waals surface area contributed by atoms with Gasteiger partial charge in [0.1, 0.15) is 5.82 Å². The average molecular weight is 273 g/mol. The molecule has 20 heavy (non-hydrogen) atoms. The zero-order valence-corrected chi connectivity index (χ0v) is 10.6. The zero-order chi connectivity index (χ0) is 14.4. The van der Waals surface area contributed by atoms with Crippen molar-refractivity contribution in [2.75, 3.05) is 0 Å². The molecule has 1 heterocycles. The molecule has 4 nitrogen and oxygen atoms in total. The quantitative estimate of drug-likeness (QED) is 0.794. The molecule has 0 radical (unpaired) electrons. The van der Waals surface area contributed by atoms with Crippen LogP contribution in [0.3, 0.4) is 0 Å². The van der Waals surface area contributed by atoms with Crippen LogP contribution in [0.15, 0.2) is 30.5 Å². The first kappa shape index (κ1) is 12.7. The lowest BCUT2D eigenvalue weighted by molar-refractivity contribution is -0.126. The Morgan fingerprint density at radius 2 is 1.85 bits per heavy atom. The molecular formula is C15H12FNO3. The lowest BCUT2D eigenvalue weighted by Gasteiger charge is -2.26. The van der Waals surface area contributed by atoms with Crippen LogP contribution in [0.1, 0.15) is 33.6 Å². The third kappa shape index (κ3) is 1.78. The van der Waals surface area contributed by atoms with Crippen LogP contribution >= 0.6 is 0 Å². The summed E-state index contributed by atoms with van der Waals surface area (Å²) in [7, 11) is 0. The largest absolute Gasteiger partial charge is 0.330 e. The van der Waals surface area contributed by atoms with Crippen LogP contribution in [0.5, 0.6) is 0 Å². The minimum absolute atomic E-state index is 0.0807. The number of fused-ring (bicyclic) bond motifs is 1. The van der Waals surface area contributed by atoms with Gasteiger partial charge >= 0.3 is 0 Å². The van der Waals surface area contributed by atoms with Crippen LogP contribution in [0.2, 0.25) is 0 Å². The monoisotopic (exact) mass is 273 g/mol. The Morgan fingerprint density at radius 1 is 1.15 bits per heavy atom. The summed E-state index contributed by atoms with van der Waals surface area (Å²) in [6, 6.07) is 3.52. The highest BCUT2D eigenvalue weighted by molar-refractivity contribution is 6.27. The molecule has 3 rings (SSSR count). The van der Waals surface area contributed by atoms with E-state index in [4.69, 9.17) is 0 Å². The maximum Gasteiger partial charge on any atom is 0.228 e. The Bertz CT molecular complexity index is 665. The number of carbonyl (C=O) groups excluding carboxylic acids is 3. The van der Waals surface area contributed by atoms with Crippen molar-refractivity contribution in [3.05, 3.63) is 47.4 Å². The SMILES string of the molecule is C=C1CCC(C2C(=O)c3ccc(F)cc3C2=O)C(=O)N1. The van der Waals surface area contributed by atoms with Gasteiger partial charge in [-0.1, -0.05) is 6.58 Å². The summed E-state index contributed by atoms with van der Waals surface area (Å²) in [6.07, 6.45) is 0.946. The van der Waals surface area contributed by atoms with E-state index >= 15 is 0 Å². The number of allylic oxidation sites excluding steroid dienone is 1. The summed E-state index contributed by atoms with van der Waals surface area (Å²) >= 11 is 0. The molecule has 102 valence electrons. The van der Waals surface area contributed by atoms with Gasteiger partial charge in [-0.2, -0.15) is 0 Å². The first-order valence-electron chi connectivity index (χ1n) is 6.35. The van der Waals surface area contributed by atoms with Gasteiger partial charge in [-0.3, -0.25) is 14.4 Å². The second-order valence-electron chi connectivity index (χ2n) is 5.13. The van der Waals surface area contributed by atoms with Crippen molar-refractivity contribution in [1.29, 1.82) is 0 Å². The van der Waals surface area contributed by atoms with E-state index in [-0.39, 0.29) is 17.0 Å². The molecule has 1 aliphatic carbocycles. The van der Waals surface area contributed by atoms with Gasteiger partial charge in [-0.25, -0.2) is 4.39 Å². The van der Waals surface area contributed by atoms with E-state index in [0.717, 1.165) is 12.1 Å². The number of piperidine rings is 1. The Morgan fingerprint density at radius 3 is 2.55 bits per heavy atom. The Balaban J connectivity index is 1.97. The molecule has 2 unspecified atom stereocenters. The molecule has 0 saturated carbocycles. The third-order valence-corrected chi connectivity index (χ3v) is 3.87. The molecule has 1 aliphatic heterocycles. The molecule has 1 aromatic rings. The summed E-state index contributed by atoms with van der Waals surface area (Å²) in [5.74, 6) is -3.50. The van der Waals surface area contributed by atoms with Crippen LogP contribution < -0.4 is 5.32 Å². The number of benzene rings is 1. The molecule has 5 heteroatoms. The summed E-state index contributed by atoms with van der Waals surface area (Å²) in [4.78, 5) is 36.5. The number of nitrogens with one attached hydrogen (secondary N) is 1. The number of carbonyl (C=O) groups is 3. The second kappa shape index (κ2) is 4.37. The molecule has 1 N–H and O–H groups in total. The predicted molar refractivity (Wildman–Crippen MR) is 68.6 cm³/mol. The Labute approximate surface area is 114 Å². The number of hydrogen-bond donors (Lipinski definition) is 1. The molecule has 0 aromatic heterocycles. The van der Waals surface area contributed by atoms with E-state index in [0.29, 0.717) is 18.5 Å². The van der Waals surface area contributed by atoms with E-state index < -0.39 is 29.2 Å².